The van der Waals surface area contributed by atoms with Gasteiger partial charge in [-0.1, -0.05) is 6.92 Å². The molecule has 0 aromatic carbocycles. The fourth-order valence-electron chi connectivity index (χ4n) is 1.43. The van der Waals surface area contributed by atoms with Gasteiger partial charge in [0.25, 0.3) is 0 Å². The first-order valence-corrected chi connectivity index (χ1v) is 4.88. The molecule has 0 unspecified atom stereocenters. The summed E-state index contributed by atoms with van der Waals surface area (Å²) in [5.74, 6) is 0.227. The molecule has 0 saturated heterocycles. The van der Waals surface area contributed by atoms with Gasteiger partial charge in [-0.3, -0.25) is 4.79 Å². The number of rotatable bonds is 5. The number of imidazole rings is 1. The first-order chi connectivity index (χ1) is 6.63. The summed E-state index contributed by atoms with van der Waals surface area (Å²) in [6.45, 7) is 4.54. The first-order valence-electron chi connectivity index (χ1n) is 4.88. The van der Waals surface area contributed by atoms with Gasteiger partial charge in [-0.05, 0) is 13.3 Å². The number of aryl methyl sites for hydroxylation is 3. The van der Waals surface area contributed by atoms with Crippen LogP contribution in [0.2, 0.25) is 0 Å². The van der Waals surface area contributed by atoms with Crippen molar-refractivity contribution in [3.63, 3.8) is 0 Å². The monoisotopic (exact) mass is 383 g/mol. The Hall–Kier alpha value is -0.658. The molecule has 4 nitrogen and oxygen atoms in total. The van der Waals surface area contributed by atoms with Crippen LogP contribution in [-0.2, 0) is 38.2 Å². The van der Waals surface area contributed by atoms with E-state index in [1.165, 1.54) is 0 Å². The topological polar surface area (TPSA) is 55.1 Å². The number of carboxylic acids is 1. The van der Waals surface area contributed by atoms with Gasteiger partial charge in [0.1, 0.15) is 5.82 Å². The summed E-state index contributed by atoms with van der Waals surface area (Å²) in [5.41, 5.74) is 0.957. The average molecular weight is 382 g/mol. The van der Waals surface area contributed by atoms with Gasteiger partial charge in [0.05, 0.1) is 12.1 Å². The van der Waals surface area contributed by atoms with E-state index in [9.17, 15) is 4.79 Å². The van der Waals surface area contributed by atoms with Crippen molar-refractivity contribution in [2.45, 2.75) is 39.7 Å². The van der Waals surface area contributed by atoms with Crippen molar-refractivity contribution < 1.29 is 30.3 Å². The van der Waals surface area contributed by atoms with Crippen LogP contribution in [0, 0.1) is 6.92 Å². The van der Waals surface area contributed by atoms with Crippen LogP contribution in [0.25, 0.3) is 0 Å². The van der Waals surface area contributed by atoms with Crippen LogP contribution in [0.3, 0.4) is 0 Å². The number of aliphatic carboxylic acids is 1. The predicted molar refractivity (Wildman–Crippen MR) is 53.2 cm³/mol. The third-order valence-corrected chi connectivity index (χ3v) is 2.02. The zero-order valence-corrected chi connectivity index (χ0v) is 11.7. The third-order valence-electron chi connectivity index (χ3n) is 2.02. The molecule has 1 rings (SSSR count). The SMILES string of the molecule is CCCc1nc(C)cn1CCC(=O)O.[Re]. The van der Waals surface area contributed by atoms with Crippen LogP contribution < -0.4 is 0 Å². The van der Waals surface area contributed by atoms with Crippen LogP contribution >= 0.6 is 0 Å². The van der Waals surface area contributed by atoms with Gasteiger partial charge in [-0.15, -0.1) is 0 Å². The summed E-state index contributed by atoms with van der Waals surface area (Å²) in [6, 6.07) is 0. The number of nitrogens with zero attached hydrogens (tertiary/aromatic N) is 2. The van der Waals surface area contributed by atoms with Crippen molar-refractivity contribution in [3.8, 4) is 0 Å². The Bertz CT molecular complexity index is 323. The molecule has 0 atom stereocenters. The molecular formula is C10H16N2O2Re. The Kier molecular flexibility index (Phi) is 6.46. The van der Waals surface area contributed by atoms with Crippen molar-refractivity contribution in [3.05, 3.63) is 17.7 Å². The van der Waals surface area contributed by atoms with Gasteiger partial charge in [0.2, 0.25) is 0 Å². The summed E-state index contributed by atoms with van der Waals surface area (Å²) in [5, 5.41) is 8.57. The Morgan fingerprint density at radius 2 is 2.27 bits per heavy atom. The minimum absolute atomic E-state index is 0. The Morgan fingerprint density at radius 1 is 1.60 bits per heavy atom. The Morgan fingerprint density at radius 3 is 2.80 bits per heavy atom. The molecule has 0 saturated carbocycles. The molecular weight excluding hydrogens is 366 g/mol. The second-order valence-corrected chi connectivity index (χ2v) is 3.39. The minimum atomic E-state index is -0.765. The van der Waals surface area contributed by atoms with E-state index in [0.29, 0.717) is 6.54 Å². The van der Waals surface area contributed by atoms with E-state index in [-0.39, 0.29) is 26.8 Å². The summed E-state index contributed by atoms with van der Waals surface area (Å²) in [7, 11) is 0. The van der Waals surface area contributed by atoms with Gasteiger partial charge in [-0.25, -0.2) is 4.98 Å². The van der Waals surface area contributed by atoms with Crippen molar-refractivity contribution in [2.75, 3.05) is 0 Å². The first kappa shape index (κ1) is 14.3. The normalized spacial score (nSPS) is 9.73. The van der Waals surface area contributed by atoms with Crippen LogP contribution in [0.15, 0.2) is 6.20 Å². The van der Waals surface area contributed by atoms with Crippen LogP contribution in [-0.4, -0.2) is 20.6 Å². The van der Waals surface area contributed by atoms with Crippen molar-refractivity contribution in [1.82, 2.24) is 9.55 Å². The average Bonchev–Trinajstić information content (AvgIpc) is 2.44. The van der Waals surface area contributed by atoms with E-state index in [4.69, 9.17) is 5.11 Å². The van der Waals surface area contributed by atoms with Crippen LogP contribution in [0.1, 0.15) is 31.3 Å². The van der Waals surface area contributed by atoms with E-state index in [1.54, 1.807) is 0 Å². The summed E-state index contributed by atoms with van der Waals surface area (Å²) in [6.07, 6.45) is 4.01. The van der Waals surface area contributed by atoms with Gasteiger partial charge in [0, 0.05) is 39.6 Å². The predicted octanol–water partition coefficient (Wildman–Crippen LogP) is 1.62. The molecule has 0 fully saturated rings. The molecule has 0 bridgehead atoms. The molecule has 1 N–H and O–H groups in total. The summed E-state index contributed by atoms with van der Waals surface area (Å²) in [4.78, 5) is 14.8. The number of carbonyl (C=O) groups is 1. The molecule has 5 heteroatoms. The Balaban J connectivity index is 0.00000196. The van der Waals surface area contributed by atoms with Crippen LogP contribution in [0.5, 0.6) is 0 Å². The third kappa shape index (κ3) is 4.59. The smallest absolute Gasteiger partial charge is 0.305 e. The molecule has 15 heavy (non-hydrogen) atoms. The maximum Gasteiger partial charge on any atom is 0.305 e. The van der Waals surface area contributed by atoms with E-state index < -0.39 is 5.97 Å². The molecule has 85 valence electrons. The zero-order chi connectivity index (χ0) is 10.6. The van der Waals surface area contributed by atoms with Crippen molar-refractivity contribution in [1.29, 1.82) is 0 Å². The van der Waals surface area contributed by atoms with Gasteiger partial charge in [0.15, 0.2) is 0 Å². The fraction of sp³-hybridized carbons (Fsp3) is 0.600. The van der Waals surface area contributed by atoms with Gasteiger partial charge < -0.3 is 9.67 Å². The van der Waals surface area contributed by atoms with E-state index in [2.05, 4.69) is 11.9 Å². The number of hydrogen-bond acceptors (Lipinski definition) is 2. The van der Waals surface area contributed by atoms with Gasteiger partial charge in [-0.2, -0.15) is 0 Å². The standard InChI is InChI=1S/C10H16N2O2.Re/c1-3-4-9-11-8(2)7-12(9)6-5-10(13)14;/h7H,3-6H2,1-2H3,(H,13,14);. The molecule has 0 amide bonds. The molecule has 1 aromatic rings. The van der Waals surface area contributed by atoms with Crippen LogP contribution in [0.4, 0.5) is 0 Å². The molecule has 1 heterocycles. The second kappa shape index (κ2) is 6.76. The quantitative estimate of drug-likeness (QED) is 0.842. The number of aromatic nitrogens is 2. The Labute approximate surface area is 103 Å². The molecule has 0 aliphatic rings. The van der Waals surface area contributed by atoms with Crippen molar-refractivity contribution >= 4 is 5.97 Å². The number of hydrogen-bond donors (Lipinski definition) is 1. The largest absolute Gasteiger partial charge is 0.481 e. The maximum atomic E-state index is 10.4. The zero-order valence-electron chi connectivity index (χ0n) is 9.03. The fourth-order valence-corrected chi connectivity index (χ4v) is 1.43. The number of carboxylic acid groups (broad SMARTS) is 1. The van der Waals surface area contributed by atoms with Crippen molar-refractivity contribution in [2.24, 2.45) is 0 Å². The minimum Gasteiger partial charge on any atom is -0.481 e. The second-order valence-electron chi connectivity index (χ2n) is 3.39. The molecule has 0 aliphatic heterocycles. The maximum absolute atomic E-state index is 10.4. The molecule has 1 aromatic heterocycles. The molecule has 0 aliphatic carbocycles. The molecule has 0 spiro atoms. The van der Waals surface area contributed by atoms with E-state index in [0.717, 1.165) is 24.4 Å². The van der Waals surface area contributed by atoms with E-state index in [1.807, 2.05) is 17.7 Å². The summed E-state index contributed by atoms with van der Waals surface area (Å²) >= 11 is 0. The van der Waals surface area contributed by atoms with Gasteiger partial charge >= 0.3 is 5.97 Å². The summed E-state index contributed by atoms with van der Waals surface area (Å²) < 4.78 is 1.94. The van der Waals surface area contributed by atoms with E-state index >= 15 is 0 Å². The molecule has 1 radical (unpaired) electrons.